The number of nitrogens with one attached hydrogen (secondary N) is 1. The minimum absolute atomic E-state index is 0.188. The topological polar surface area (TPSA) is 54.9 Å². The van der Waals surface area contributed by atoms with Crippen molar-refractivity contribution in [2.24, 2.45) is 0 Å². The molecule has 2 heterocycles. The van der Waals surface area contributed by atoms with Crippen molar-refractivity contribution in [3.63, 3.8) is 0 Å². The average Bonchev–Trinajstić information content (AvgIpc) is 2.90. The second-order valence-corrected chi connectivity index (χ2v) is 5.70. The first kappa shape index (κ1) is 13.7. The van der Waals surface area contributed by atoms with E-state index in [2.05, 4.69) is 15.3 Å². The second kappa shape index (κ2) is 6.01. The molecule has 21 heavy (non-hydrogen) atoms. The molecule has 0 aliphatic heterocycles. The summed E-state index contributed by atoms with van der Waals surface area (Å²) in [4.78, 5) is 21.5. The van der Waals surface area contributed by atoms with Crippen LogP contribution in [-0.2, 0) is 0 Å². The van der Waals surface area contributed by atoms with Gasteiger partial charge < -0.3 is 5.32 Å². The zero-order valence-corrected chi connectivity index (χ0v) is 12.5. The molecular formula is C16H15N3OS. The normalized spacial score (nSPS) is 10.7. The van der Waals surface area contributed by atoms with Crippen LogP contribution in [0.2, 0.25) is 0 Å². The predicted molar refractivity (Wildman–Crippen MR) is 86.4 cm³/mol. The number of hydrogen-bond acceptors (Lipinski definition) is 5. The van der Waals surface area contributed by atoms with Gasteiger partial charge in [0.1, 0.15) is 10.3 Å². The number of pyridine rings is 1. The Bertz CT molecular complexity index is 732. The lowest BCUT2D eigenvalue weighted by atomic mass is 10.1. The predicted octanol–water partition coefficient (Wildman–Crippen LogP) is 4.42. The quantitative estimate of drug-likeness (QED) is 0.708. The molecule has 1 N–H and O–H groups in total. The molecule has 0 saturated heterocycles. The molecule has 0 atom stereocenters. The first-order valence-electron chi connectivity index (χ1n) is 6.88. The summed E-state index contributed by atoms with van der Waals surface area (Å²) in [5, 5.41) is 4.05. The molecule has 0 aliphatic rings. The highest BCUT2D eigenvalue weighted by molar-refractivity contribution is 7.21. The number of carbonyl (C=O) groups is 1. The number of ketones is 1. The number of benzene rings is 1. The fourth-order valence-electron chi connectivity index (χ4n) is 2.06. The molecule has 2 aromatic heterocycles. The maximum atomic E-state index is 11.8. The van der Waals surface area contributed by atoms with Gasteiger partial charge in [-0.2, -0.15) is 0 Å². The van der Waals surface area contributed by atoms with E-state index in [9.17, 15) is 4.79 Å². The number of anilines is 2. The van der Waals surface area contributed by atoms with E-state index in [0.717, 1.165) is 33.2 Å². The van der Waals surface area contributed by atoms with Crippen LogP contribution in [0.3, 0.4) is 0 Å². The summed E-state index contributed by atoms with van der Waals surface area (Å²) in [6, 6.07) is 11.3. The van der Waals surface area contributed by atoms with Crippen molar-refractivity contribution in [2.45, 2.75) is 19.8 Å². The van der Waals surface area contributed by atoms with Gasteiger partial charge in [-0.05, 0) is 42.8 Å². The van der Waals surface area contributed by atoms with E-state index in [1.54, 1.807) is 6.20 Å². The Labute approximate surface area is 126 Å². The fourth-order valence-corrected chi connectivity index (χ4v) is 2.89. The monoisotopic (exact) mass is 297 g/mol. The molecule has 106 valence electrons. The van der Waals surface area contributed by atoms with Gasteiger partial charge in [-0.25, -0.2) is 9.97 Å². The van der Waals surface area contributed by atoms with E-state index in [1.807, 2.05) is 43.3 Å². The molecule has 5 heteroatoms. The van der Waals surface area contributed by atoms with Crippen LogP contribution in [-0.4, -0.2) is 15.8 Å². The summed E-state index contributed by atoms with van der Waals surface area (Å²) in [5.74, 6) is 0.188. The Hall–Kier alpha value is -2.27. The number of rotatable bonds is 5. The van der Waals surface area contributed by atoms with Crippen molar-refractivity contribution >= 4 is 38.3 Å². The number of thiazole rings is 1. The first-order valence-corrected chi connectivity index (χ1v) is 7.70. The zero-order chi connectivity index (χ0) is 14.7. The van der Waals surface area contributed by atoms with Gasteiger partial charge in [0.2, 0.25) is 0 Å². The van der Waals surface area contributed by atoms with Gasteiger partial charge in [0.25, 0.3) is 0 Å². The van der Waals surface area contributed by atoms with Gasteiger partial charge in [0.05, 0.1) is 0 Å². The number of nitrogens with zero attached hydrogens (tertiary/aromatic N) is 2. The van der Waals surface area contributed by atoms with Gasteiger partial charge in [0, 0.05) is 23.9 Å². The van der Waals surface area contributed by atoms with Crippen LogP contribution in [0, 0.1) is 0 Å². The number of fused-ring (bicyclic) bond motifs is 1. The standard InChI is InChI=1S/C16H15N3OS/c1-2-4-14(20)11-6-8-12(9-7-11)18-16-19-13-5-3-10-17-15(13)21-16/h3,5-10H,2,4H2,1H3,(H,18,19). The summed E-state index contributed by atoms with van der Waals surface area (Å²) < 4.78 is 0. The van der Waals surface area contributed by atoms with E-state index in [-0.39, 0.29) is 5.78 Å². The third kappa shape index (κ3) is 3.08. The van der Waals surface area contributed by atoms with E-state index in [4.69, 9.17) is 0 Å². The molecular weight excluding hydrogens is 282 g/mol. The van der Waals surface area contributed by atoms with Crippen LogP contribution in [0.25, 0.3) is 10.3 Å². The van der Waals surface area contributed by atoms with Crippen molar-refractivity contribution < 1.29 is 4.79 Å². The highest BCUT2D eigenvalue weighted by Crippen LogP contribution is 2.26. The van der Waals surface area contributed by atoms with Crippen molar-refractivity contribution in [1.29, 1.82) is 0 Å². The highest BCUT2D eigenvalue weighted by atomic mass is 32.1. The molecule has 4 nitrogen and oxygen atoms in total. The third-order valence-corrected chi connectivity index (χ3v) is 4.00. The SMILES string of the molecule is CCCC(=O)c1ccc(Nc2nc3cccnc3s2)cc1. The van der Waals surface area contributed by atoms with E-state index in [0.29, 0.717) is 6.42 Å². The summed E-state index contributed by atoms with van der Waals surface area (Å²) in [6.07, 6.45) is 3.23. The lowest BCUT2D eigenvalue weighted by molar-refractivity contribution is 0.0982. The van der Waals surface area contributed by atoms with Crippen molar-refractivity contribution in [1.82, 2.24) is 9.97 Å². The summed E-state index contributed by atoms with van der Waals surface area (Å²) in [5.41, 5.74) is 2.57. The molecule has 0 spiro atoms. The lowest BCUT2D eigenvalue weighted by Gasteiger charge is -2.04. The minimum Gasteiger partial charge on any atom is -0.331 e. The molecule has 0 amide bonds. The Morgan fingerprint density at radius 1 is 1.24 bits per heavy atom. The molecule has 0 unspecified atom stereocenters. The Morgan fingerprint density at radius 3 is 2.76 bits per heavy atom. The Morgan fingerprint density at radius 2 is 2.05 bits per heavy atom. The first-order chi connectivity index (χ1) is 10.3. The largest absolute Gasteiger partial charge is 0.331 e. The highest BCUT2D eigenvalue weighted by Gasteiger charge is 2.06. The van der Waals surface area contributed by atoms with Crippen LogP contribution >= 0.6 is 11.3 Å². The molecule has 1 aromatic carbocycles. The van der Waals surface area contributed by atoms with Crippen LogP contribution in [0.1, 0.15) is 30.1 Å². The minimum atomic E-state index is 0.188. The summed E-state index contributed by atoms with van der Waals surface area (Å²) >= 11 is 1.51. The smallest absolute Gasteiger partial charge is 0.189 e. The number of hydrogen-bond donors (Lipinski definition) is 1. The second-order valence-electron chi connectivity index (χ2n) is 4.72. The zero-order valence-electron chi connectivity index (χ0n) is 11.7. The molecule has 0 radical (unpaired) electrons. The van der Waals surface area contributed by atoms with Crippen LogP contribution in [0.4, 0.5) is 10.8 Å². The third-order valence-electron chi connectivity index (χ3n) is 3.10. The van der Waals surface area contributed by atoms with Crippen LogP contribution in [0.5, 0.6) is 0 Å². The van der Waals surface area contributed by atoms with E-state index < -0.39 is 0 Å². The van der Waals surface area contributed by atoms with E-state index >= 15 is 0 Å². The van der Waals surface area contributed by atoms with Gasteiger partial charge >= 0.3 is 0 Å². The molecule has 3 aromatic rings. The fraction of sp³-hybridized carbons (Fsp3) is 0.188. The molecule has 0 aliphatic carbocycles. The van der Waals surface area contributed by atoms with Gasteiger partial charge in [-0.3, -0.25) is 4.79 Å². The Balaban J connectivity index is 1.77. The average molecular weight is 297 g/mol. The molecule has 0 bridgehead atoms. The van der Waals surface area contributed by atoms with Crippen LogP contribution < -0.4 is 5.32 Å². The molecule has 3 rings (SSSR count). The van der Waals surface area contributed by atoms with Crippen molar-refractivity contribution in [3.05, 3.63) is 48.2 Å². The van der Waals surface area contributed by atoms with Crippen molar-refractivity contribution in [3.8, 4) is 0 Å². The number of Topliss-reactive ketones (excluding diaryl/α,β-unsaturated/α-hetero) is 1. The lowest BCUT2D eigenvalue weighted by Crippen LogP contribution is -1.98. The Kier molecular flexibility index (Phi) is 3.92. The number of aromatic nitrogens is 2. The van der Waals surface area contributed by atoms with E-state index in [1.165, 1.54) is 11.3 Å². The van der Waals surface area contributed by atoms with Crippen LogP contribution in [0.15, 0.2) is 42.6 Å². The number of carbonyl (C=O) groups excluding carboxylic acids is 1. The maximum Gasteiger partial charge on any atom is 0.189 e. The van der Waals surface area contributed by atoms with Gasteiger partial charge in [-0.1, -0.05) is 18.3 Å². The maximum absolute atomic E-state index is 11.8. The van der Waals surface area contributed by atoms with Gasteiger partial charge in [-0.15, -0.1) is 0 Å². The molecule has 0 fully saturated rings. The summed E-state index contributed by atoms with van der Waals surface area (Å²) in [6.45, 7) is 2.01. The summed E-state index contributed by atoms with van der Waals surface area (Å²) in [7, 11) is 0. The molecule has 0 saturated carbocycles. The van der Waals surface area contributed by atoms with Gasteiger partial charge in [0.15, 0.2) is 10.9 Å². The van der Waals surface area contributed by atoms with Crippen molar-refractivity contribution in [2.75, 3.05) is 5.32 Å².